The molecule has 0 unspecified atom stereocenters. The average Bonchev–Trinajstić information content (AvgIpc) is 2.45. The van der Waals surface area contributed by atoms with Crippen LogP contribution in [0.1, 0.15) is 48.9 Å². The van der Waals surface area contributed by atoms with Crippen LogP contribution in [-0.4, -0.2) is 16.4 Å². The molecule has 1 aromatic carbocycles. The molecule has 1 amide bonds. The van der Waals surface area contributed by atoms with Crippen molar-refractivity contribution in [1.29, 1.82) is 0 Å². The lowest BCUT2D eigenvalue weighted by Crippen LogP contribution is -2.59. The number of nitrogens with one attached hydrogen (secondary N) is 1. The Labute approximate surface area is 129 Å². The standard InChI is InChI=1S/C17H20N2O3/c20-16(14-3-1-2-4-15(14)19(21)22)18-17-8-11-5-12(9-17)7-13(6-11)10-17/h1-4,11-13H,5-10H2,(H,18,20). The molecule has 4 fully saturated rings. The molecule has 1 N–H and O–H groups in total. The van der Waals surface area contributed by atoms with Gasteiger partial charge in [-0.25, -0.2) is 0 Å². The first kappa shape index (κ1) is 13.7. The van der Waals surface area contributed by atoms with Gasteiger partial charge in [0.2, 0.25) is 0 Å². The minimum atomic E-state index is -0.478. The maximum absolute atomic E-state index is 12.6. The van der Waals surface area contributed by atoms with Crippen LogP contribution in [0.2, 0.25) is 0 Å². The van der Waals surface area contributed by atoms with Crippen LogP contribution in [0.3, 0.4) is 0 Å². The third-order valence-electron chi connectivity index (χ3n) is 5.76. The lowest BCUT2D eigenvalue weighted by atomic mass is 9.53. The number of benzene rings is 1. The zero-order valence-electron chi connectivity index (χ0n) is 12.5. The van der Waals surface area contributed by atoms with E-state index in [-0.39, 0.29) is 22.7 Å². The molecule has 0 saturated heterocycles. The Bertz CT molecular complexity index is 605. The molecule has 0 spiro atoms. The number of carbonyl (C=O) groups is 1. The summed E-state index contributed by atoms with van der Waals surface area (Å²) in [6, 6.07) is 6.23. The molecule has 116 valence electrons. The quantitative estimate of drug-likeness (QED) is 0.687. The maximum atomic E-state index is 12.6. The normalized spacial score (nSPS) is 35.4. The van der Waals surface area contributed by atoms with Crippen molar-refractivity contribution in [3.63, 3.8) is 0 Å². The van der Waals surface area contributed by atoms with E-state index in [0.717, 1.165) is 37.0 Å². The lowest BCUT2D eigenvalue weighted by Gasteiger charge is -2.56. The number of hydrogen-bond acceptors (Lipinski definition) is 3. The summed E-state index contributed by atoms with van der Waals surface area (Å²) in [5, 5.41) is 14.3. The Kier molecular flexibility index (Phi) is 2.99. The van der Waals surface area contributed by atoms with Crippen LogP contribution in [0, 0.1) is 27.9 Å². The molecule has 0 atom stereocenters. The van der Waals surface area contributed by atoms with Crippen LogP contribution < -0.4 is 5.32 Å². The van der Waals surface area contributed by atoms with Crippen molar-refractivity contribution in [2.24, 2.45) is 17.8 Å². The monoisotopic (exact) mass is 300 g/mol. The van der Waals surface area contributed by atoms with Gasteiger partial charge in [-0.3, -0.25) is 14.9 Å². The van der Waals surface area contributed by atoms with E-state index in [0.29, 0.717) is 0 Å². The van der Waals surface area contributed by atoms with Crippen LogP contribution in [0.5, 0.6) is 0 Å². The summed E-state index contributed by atoms with van der Waals surface area (Å²) in [5.74, 6) is 1.92. The van der Waals surface area contributed by atoms with Crippen LogP contribution >= 0.6 is 0 Å². The average molecular weight is 300 g/mol. The number of hydrogen-bond donors (Lipinski definition) is 1. The van der Waals surface area contributed by atoms with Gasteiger partial charge < -0.3 is 5.32 Å². The van der Waals surface area contributed by atoms with Crippen LogP contribution in [-0.2, 0) is 0 Å². The van der Waals surface area contributed by atoms with Gasteiger partial charge in [0, 0.05) is 11.6 Å². The summed E-state index contributed by atoms with van der Waals surface area (Å²) >= 11 is 0. The third kappa shape index (κ3) is 2.19. The molecule has 22 heavy (non-hydrogen) atoms. The molecule has 0 aliphatic heterocycles. The summed E-state index contributed by atoms with van der Waals surface area (Å²) in [6.07, 6.45) is 7.06. The number of rotatable bonds is 3. The molecule has 5 rings (SSSR count). The highest BCUT2D eigenvalue weighted by atomic mass is 16.6. The molecule has 0 heterocycles. The maximum Gasteiger partial charge on any atom is 0.282 e. The molecule has 1 aromatic rings. The second-order valence-electron chi connectivity index (χ2n) is 7.43. The first-order valence-electron chi connectivity index (χ1n) is 8.11. The van der Waals surface area contributed by atoms with Crippen molar-refractivity contribution in [3.05, 3.63) is 39.9 Å². The number of carbonyl (C=O) groups excluding carboxylic acids is 1. The van der Waals surface area contributed by atoms with E-state index in [2.05, 4.69) is 5.32 Å². The minimum Gasteiger partial charge on any atom is -0.346 e. The number of para-hydroxylation sites is 1. The van der Waals surface area contributed by atoms with Crippen molar-refractivity contribution >= 4 is 11.6 Å². The van der Waals surface area contributed by atoms with Gasteiger partial charge in [0.1, 0.15) is 5.56 Å². The van der Waals surface area contributed by atoms with Crippen LogP contribution in [0.15, 0.2) is 24.3 Å². The van der Waals surface area contributed by atoms with Crippen molar-refractivity contribution in [3.8, 4) is 0 Å². The van der Waals surface area contributed by atoms with Gasteiger partial charge >= 0.3 is 0 Å². The molecule has 4 aliphatic carbocycles. The molecule has 4 aliphatic rings. The van der Waals surface area contributed by atoms with Crippen molar-refractivity contribution < 1.29 is 9.72 Å². The van der Waals surface area contributed by atoms with Crippen molar-refractivity contribution in [1.82, 2.24) is 5.32 Å². The van der Waals surface area contributed by atoms with Gasteiger partial charge in [-0.1, -0.05) is 12.1 Å². The molecule has 5 heteroatoms. The van der Waals surface area contributed by atoms with E-state index in [1.807, 2.05) is 0 Å². The summed E-state index contributed by atoms with van der Waals surface area (Å²) in [6.45, 7) is 0. The topological polar surface area (TPSA) is 72.2 Å². The van der Waals surface area contributed by atoms with Gasteiger partial charge in [0.25, 0.3) is 11.6 Å². The molecular formula is C17H20N2O3. The van der Waals surface area contributed by atoms with E-state index in [1.165, 1.54) is 25.3 Å². The predicted molar refractivity (Wildman–Crippen MR) is 81.5 cm³/mol. The fourth-order valence-corrected chi connectivity index (χ4v) is 5.40. The Morgan fingerprint density at radius 2 is 1.64 bits per heavy atom. The Balaban J connectivity index is 1.59. The largest absolute Gasteiger partial charge is 0.346 e. The summed E-state index contributed by atoms with van der Waals surface area (Å²) in [4.78, 5) is 23.3. The predicted octanol–water partition coefficient (Wildman–Crippen LogP) is 3.29. The van der Waals surface area contributed by atoms with E-state index < -0.39 is 4.92 Å². The van der Waals surface area contributed by atoms with Gasteiger partial charge in [-0.15, -0.1) is 0 Å². The third-order valence-corrected chi connectivity index (χ3v) is 5.76. The number of nitro benzene ring substituents is 1. The summed E-state index contributed by atoms with van der Waals surface area (Å²) < 4.78 is 0. The zero-order chi connectivity index (χ0) is 15.3. The Morgan fingerprint density at radius 3 is 2.18 bits per heavy atom. The van der Waals surface area contributed by atoms with Crippen molar-refractivity contribution in [2.45, 2.75) is 44.1 Å². The summed E-state index contributed by atoms with van der Waals surface area (Å²) in [7, 11) is 0. The Hall–Kier alpha value is -1.91. The fourth-order valence-electron chi connectivity index (χ4n) is 5.40. The second-order valence-corrected chi connectivity index (χ2v) is 7.43. The number of nitrogens with zero attached hydrogens (tertiary/aromatic N) is 1. The first-order chi connectivity index (χ1) is 10.5. The van der Waals surface area contributed by atoms with E-state index in [4.69, 9.17) is 0 Å². The van der Waals surface area contributed by atoms with E-state index in [9.17, 15) is 14.9 Å². The van der Waals surface area contributed by atoms with Crippen LogP contribution in [0.25, 0.3) is 0 Å². The SMILES string of the molecule is O=C(NC12CC3CC(CC(C3)C1)C2)c1ccccc1[N+](=O)[O-]. The molecule has 4 saturated carbocycles. The highest BCUT2D eigenvalue weighted by Gasteiger charge is 2.51. The lowest BCUT2D eigenvalue weighted by molar-refractivity contribution is -0.385. The van der Waals surface area contributed by atoms with Gasteiger partial charge in [0.15, 0.2) is 0 Å². The molecule has 0 aromatic heterocycles. The smallest absolute Gasteiger partial charge is 0.282 e. The van der Waals surface area contributed by atoms with Crippen molar-refractivity contribution in [2.75, 3.05) is 0 Å². The zero-order valence-corrected chi connectivity index (χ0v) is 12.5. The minimum absolute atomic E-state index is 0.107. The molecule has 4 bridgehead atoms. The van der Waals surface area contributed by atoms with Crippen LogP contribution in [0.4, 0.5) is 5.69 Å². The van der Waals surface area contributed by atoms with Gasteiger partial charge in [-0.05, 0) is 62.3 Å². The number of amides is 1. The molecule has 0 radical (unpaired) electrons. The van der Waals surface area contributed by atoms with Gasteiger partial charge in [-0.2, -0.15) is 0 Å². The highest BCUT2D eigenvalue weighted by Crippen LogP contribution is 2.55. The summed E-state index contributed by atoms with van der Waals surface area (Å²) in [5.41, 5.74) is -0.0387. The van der Waals surface area contributed by atoms with E-state index in [1.54, 1.807) is 18.2 Å². The molecular weight excluding hydrogens is 280 g/mol. The highest BCUT2D eigenvalue weighted by molar-refractivity contribution is 5.98. The van der Waals surface area contributed by atoms with E-state index >= 15 is 0 Å². The first-order valence-corrected chi connectivity index (χ1v) is 8.11. The number of nitro groups is 1. The van der Waals surface area contributed by atoms with Gasteiger partial charge in [0.05, 0.1) is 4.92 Å². The second kappa shape index (κ2) is 4.80. The fraction of sp³-hybridized carbons (Fsp3) is 0.588. The molecule has 5 nitrogen and oxygen atoms in total. The Morgan fingerprint density at radius 1 is 1.09 bits per heavy atom.